The van der Waals surface area contributed by atoms with Crippen LogP contribution < -0.4 is 4.90 Å². The molecular weight excluding hydrogens is 737 g/mol. The first-order valence-corrected chi connectivity index (χ1v) is 21.3. The van der Waals surface area contributed by atoms with Crippen molar-refractivity contribution in [1.82, 2.24) is 4.57 Å². The second-order valence-electron chi connectivity index (χ2n) is 16.9. The Hall–Kier alpha value is -7.68. The SMILES string of the molecule is CC1(C)c2ccccc2-c2ccc(N(c3cccc(-n4c5ccccc5c5c6c(-c7cccc8ccccc78)cccc6ccc54)c3)c3ccccc3-c3ccccc3)cc21. The third kappa shape index (κ3) is 5.42. The predicted octanol–water partition coefficient (Wildman–Crippen LogP) is 16.2. The van der Waals surface area contributed by atoms with Crippen LogP contribution in [0.25, 0.3) is 82.4 Å². The van der Waals surface area contributed by atoms with Crippen LogP contribution in [0.5, 0.6) is 0 Å². The van der Waals surface area contributed by atoms with E-state index < -0.39 is 0 Å². The molecule has 1 aliphatic carbocycles. The van der Waals surface area contributed by atoms with E-state index in [4.69, 9.17) is 0 Å². The van der Waals surface area contributed by atoms with E-state index in [1.807, 2.05) is 0 Å². The molecule has 0 bridgehead atoms. The zero-order valence-corrected chi connectivity index (χ0v) is 34.2. The number of para-hydroxylation sites is 2. The van der Waals surface area contributed by atoms with E-state index in [0.717, 1.165) is 22.7 Å². The van der Waals surface area contributed by atoms with Gasteiger partial charge in [-0.05, 0) is 109 Å². The number of rotatable bonds is 6. The Morgan fingerprint density at radius 2 is 1.02 bits per heavy atom. The number of hydrogen-bond acceptors (Lipinski definition) is 1. The highest BCUT2D eigenvalue weighted by molar-refractivity contribution is 6.25. The summed E-state index contributed by atoms with van der Waals surface area (Å²) in [6.07, 6.45) is 0. The molecule has 1 aliphatic rings. The largest absolute Gasteiger partial charge is 0.310 e. The fourth-order valence-electron chi connectivity index (χ4n) is 10.4. The molecule has 61 heavy (non-hydrogen) atoms. The molecule has 10 aromatic carbocycles. The quantitative estimate of drug-likeness (QED) is 0.163. The molecule has 0 N–H and O–H groups in total. The Bertz CT molecular complexity index is 3510. The molecule has 12 rings (SSSR count). The van der Waals surface area contributed by atoms with Crippen LogP contribution in [0.3, 0.4) is 0 Å². The lowest BCUT2D eigenvalue weighted by Gasteiger charge is -2.30. The molecule has 0 spiro atoms. The normalized spacial score (nSPS) is 12.9. The molecule has 11 aromatic rings. The highest BCUT2D eigenvalue weighted by Crippen LogP contribution is 2.51. The molecule has 0 saturated heterocycles. The van der Waals surface area contributed by atoms with Gasteiger partial charge in [0.2, 0.25) is 0 Å². The molecule has 2 heteroatoms. The Kier molecular flexibility index (Phi) is 7.92. The third-order valence-corrected chi connectivity index (χ3v) is 13.2. The maximum Gasteiger partial charge on any atom is 0.0547 e. The molecular formula is C59H42N2. The number of fused-ring (bicyclic) bond motifs is 9. The Morgan fingerprint density at radius 1 is 0.377 bits per heavy atom. The number of nitrogens with zero attached hydrogens (tertiary/aromatic N) is 2. The van der Waals surface area contributed by atoms with Crippen molar-refractivity contribution in [1.29, 1.82) is 0 Å². The number of hydrogen-bond donors (Lipinski definition) is 0. The molecule has 0 saturated carbocycles. The summed E-state index contributed by atoms with van der Waals surface area (Å²) in [5, 5.41) is 7.54. The van der Waals surface area contributed by atoms with Crippen LogP contribution in [-0.2, 0) is 5.41 Å². The Labute approximate surface area is 356 Å². The van der Waals surface area contributed by atoms with E-state index in [1.54, 1.807) is 0 Å². The second kappa shape index (κ2) is 13.7. The van der Waals surface area contributed by atoms with Gasteiger partial charge in [-0.2, -0.15) is 0 Å². The summed E-state index contributed by atoms with van der Waals surface area (Å²) in [5.41, 5.74) is 16.9. The minimum Gasteiger partial charge on any atom is -0.310 e. The molecule has 0 unspecified atom stereocenters. The third-order valence-electron chi connectivity index (χ3n) is 13.2. The zero-order valence-electron chi connectivity index (χ0n) is 34.2. The van der Waals surface area contributed by atoms with Crippen LogP contribution in [0, 0.1) is 0 Å². The van der Waals surface area contributed by atoms with Crippen molar-refractivity contribution in [3.8, 4) is 39.1 Å². The average molecular weight is 779 g/mol. The van der Waals surface area contributed by atoms with Gasteiger partial charge in [0.1, 0.15) is 0 Å². The van der Waals surface area contributed by atoms with Crippen LogP contribution in [0.15, 0.2) is 218 Å². The van der Waals surface area contributed by atoms with Gasteiger partial charge < -0.3 is 9.47 Å². The van der Waals surface area contributed by atoms with Gasteiger partial charge in [-0.3, -0.25) is 0 Å². The first-order valence-electron chi connectivity index (χ1n) is 21.3. The molecule has 0 fully saturated rings. The van der Waals surface area contributed by atoms with Gasteiger partial charge in [0.05, 0.1) is 16.7 Å². The molecule has 0 radical (unpaired) electrons. The number of anilines is 3. The number of benzene rings is 10. The average Bonchev–Trinajstić information content (AvgIpc) is 3.77. The van der Waals surface area contributed by atoms with Crippen LogP contribution in [0.1, 0.15) is 25.0 Å². The van der Waals surface area contributed by atoms with Gasteiger partial charge in [-0.15, -0.1) is 0 Å². The van der Waals surface area contributed by atoms with E-state index in [1.165, 1.54) is 87.9 Å². The summed E-state index contributed by atoms with van der Waals surface area (Å²) in [4.78, 5) is 2.47. The van der Waals surface area contributed by atoms with Crippen molar-refractivity contribution in [3.05, 3.63) is 230 Å². The first kappa shape index (κ1) is 35.3. The number of aromatic nitrogens is 1. The predicted molar refractivity (Wildman–Crippen MR) is 259 cm³/mol. The topological polar surface area (TPSA) is 8.17 Å². The lowest BCUT2D eigenvalue weighted by atomic mass is 9.82. The standard InChI is InChI=1S/C59H42N2/c1-59(2)52-30-11-8-26-48(52)49-35-34-44(38-53(49)59)60(54-31-12-9-25-46(54)40-17-4-3-5-18-40)42-22-16-23-43(37-42)61-55-32-13-10-27-51(55)58-56(61)36-33-41-21-15-29-50(57(41)58)47-28-14-20-39-19-6-7-24-45(39)47/h3-38H,1-2H3. The highest BCUT2D eigenvalue weighted by Gasteiger charge is 2.36. The van der Waals surface area contributed by atoms with E-state index in [2.05, 4.69) is 242 Å². The zero-order chi connectivity index (χ0) is 40.7. The van der Waals surface area contributed by atoms with Crippen molar-refractivity contribution < 1.29 is 0 Å². The maximum absolute atomic E-state index is 2.47. The van der Waals surface area contributed by atoms with Crippen LogP contribution in [-0.4, -0.2) is 4.57 Å². The minimum absolute atomic E-state index is 0.134. The van der Waals surface area contributed by atoms with E-state index >= 15 is 0 Å². The molecule has 0 atom stereocenters. The second-order valence-corrected chi connectivity index (χ2v) is 16.9. The van der Waals surface area contributed by atoms with Crippen LogP contribution in [0.2, 0.25) is 0 Å². The van der Waals surface area contributed by atoms with Crippen molar-refractivity contribution >= 4 is 60.4 Å². The van der Waals surface area contributed by atoms with Crippen molar-refractivity contribution in [2.75, 3.05) is 4.90 Å². The summed E-state index contributed by atoms with van der Waals surface area (Å²) in [7, 11) is 0. The van der Waals surface area contributed by atoms with Gasteiger partial charge in [0.25, 0.3) is 0 Å². The summed E-state index contributed by atoms with van der Waals surface area (Å²) < 4.78 is 2.47. The van der Waals surface area contributed by atoms with Gasteiger partial charge in [-0.25, -0.2) is 0 Å². The maximum atomic E-state index is 2.47. The van der Waals surface area contributed by atoms with Gasteiger partial charge in [0.15, 0.2) is 0 Å². The highest BCUT2D eigenvalue weighted by atomic mass is 15.1. The summed E-state index contributed by atoms with van der Waals surface area (Å²) in [6.45, 7) is 4.73. The van der Waals surface area contributed by atoms with Crippen LogP contribution >= 0.6 is 0 Å². The van der Waals surface area contributed by atoms with Gasteiger partial charge >= 0.3 is 0 Å². The fraction of sp³-hybridized carbons (Fsp3) is 0.0508. The monoisotopic (exact) mass is 778 g/mol. The summed E-state index contributed by atoms with van der Waals surface area (Å²) in [6, 6.07) is 80.4. The van der Waals surface area contributed by atoms with E-state index in [9.17, 15) is 0 Å². The first-order chi connectivity index (χ1) is 30.0. The molecule has 2 nitrogen and oxygen atoms in total. The summed E-state index contributed by atoms with van der Waals surface area (Å²) in [5.74, 6) is 0. The summed E-state index contributed by atoms with van der Waals surface area (Å²) >= 11 is 0. The molecule has 288 valence electrons. The van der Waals surface area contributed by atoms with E-state index in [0.29, 0.717) is 0 Å². The van der Waals surface area contributed by atoms with Crippen molar-refractivity contribution in [3.63, 3.8) is 0 Å². The van der Waals surface area contributed by atoms with Crippen molar-refractivity contribution in [2.45, 2.75) is 19.3 Å². The molecule has 0 aliphatic heterocycles. The minimum atomic E-state index is -0.134. The smallest absolute Gasteiger partial charge is 0.0547 e. The molecule has 1 heterocycles. The fourth-order valence-corrected chi connectivity index (χ4v) is 10.4. The molecule has 0 amide bonds. The van der Waals surface area contributed by atoms with Gasteiger partial charge in [-0.1, -0.05) is 184 Å². The lowest BCUT2D eigenvalue weighted by molar-refractivity contribution is 0.660. The van der Waals surface area contributed by atoms with Gasteiger partial charge in [0, 0.05) is 38.8 Å². The molecule has 1 aromatic heterocycles. The van der Waals surface area contributed by atoms with E-state index in [-0.39, 0.29) is 5.41 Å². The van der Waals surface area contributed by atoms with Crippen molar-refractivity contribution in [2.24, 2.45) is 0 Å². The Morgan fingerprint density at radius 3 is 1.90 bits per heavy atom. The Balaban J connectivity index is 1.10. The lowest BCUT2D eigenvalue weighted by Crippen LogP contribution is -2.17. The van der Waals surface area contributed by atoms with Crippen LogP contribution in [0.4, 0.5) is 17.1 Å².